The molecule has 0 aliphatic rings. The molecule has 0 aromatic carbocycles. The van der Waals surface area contributed by atoms with Gasteiger partial charge < -0.3 is 4.42 Å². The van der Waals surface area contributed by atoms with Gasteiger partial charge in [-0.1, -0.05) is 6.07 Å². The van der Waals surface area contributed by atoms with Crippen LogP contribution in [0.4, 0.5) is 0 Å². The van der Waals surface area contributed by atoms with Gasteiger partial charge in [0.2, 0.25) is 0 Å². The van der Waals surface area contributed by atoms with Crippen LogP contribution < -0.4 is 5.76 Å². The van der Waals surface area contributed by atoms with Crippen molar-refractivity contribution >= 4 is 28.5 Å². The summed E-state index contributed by atoms with van der Waals surface area (Å²) in [5.74, 6) is -0.615. The highest BCUT2D eigenvalue weighted by Crippen LogP contribution is 2.23. The number of nitrogens with zero attached hydrogens (tertiary/aromatic N) is 4. The maximum Gasteiger partial charge on any atom is 0.437 e. The fourth-order valence-corrected chi connectivity index (χ4v) is 4.19. The van der Waals surface area contributed by atoms with Gasteiger partial charge in [0, 0.05) is 28.5 Å². The molecule has 0 amide bonds. The molecule has 0 saturated heterocycles. The SMILES string of the molecule is Cc1cc(C(=O)Cn2nc(-c3cccs3)oc2=O)c(C)n1-c1nccs1. The molecule has 0 fully saturated rings. The molecule has 4 rings (SSSR count). The molecule has 4 aromatic rings. The number of Topliss-reactive ketones (excluding diaryl/α,β-unsaturated/α-hetero) is 1. The van der Waals surface area contributed by atoms with E-state index in [1.807, 2.05) is 47.4 Å². The second kappa shape index (κ2) is 6.50. The van der Waals surface area contributed by atoms with Gasteiger partial charge in [-0.05, 0) is 31.4 Å². The van der Waals surface area contributed by atoms with Crippen LogP contribution in [0.5, 0.6) is 0 Å². The summed E-state index contributed by atoms with van der Waals surface area (Å²) in [6.45, 7) is 3.61. The quantitative estimate of drug-likeness (QED) is 0.492. The molecule has 26 heavy (non-hydrogen) atoms. The number of thiazole rings is 1. The minimum atomic E-state index is -0.643. The fourth-order valence-electron chi connectivity index (χ4n) is 2.79. The number of hydrogen-bond donors (Lipinski definition) is 0. The first-order valence-electron chi connectivity index (χ1n) is 7.78. The van der Waals surface area contributed by atoms with E-state index >= 15 is 0 Å². The highest BCUT2D eigenvalue weighted by atomic mass is 32.1. The van der Waals surface area contributed by atoms with E-state index in [0.29, 0.717) is 5.56 Å². The number of carbonyl (C=O) groups is 1. The third-order valence-corrected chi connectivity index (χ3v) is 5.59. The van der Waals surface area contributed by atoms with E-state index in [-0.39, 0.29) is 18.2 Å². The standard InChI is InChI=1S/C17H14N4O3S2/c1-10-8-12(11(2)21(10)16-18-5-7-26-16)13(22)9-20-17(23)24-15(19-20)14-4-3-6-25-14/h3-8H,9H2,1-2H3. The first-order chi connectivity index (χ1) is 12.5. The fraction of sp³-hybridized carbons (Fsp3) is 0.176. The third-order valence-electron chi connectivity index (χ3n) is 3.97. The van der Waals surface area contributed by atoms with Crippen molar-refractivity contribution < 1.29 is 9.21 Å². The zero-order valence-electron chi connectivity index (χ0n) is 14.0. The monoisotopic (exact) mass is 386 g/mol. The molecule has 0 atom stereocenters. The van der Waals surface area contributed by atoms with Crippen LogP contribution in [0.3, 0.4) is 0 Å². The summed E-state index contributed by atoms with van der Waals surface area (Å²) in [4.78, 5) is 29.8. The number of rotatable bonds is 5. The minimum Gasteiger partial charge on any atom is -0.387 e. The van der Waals surface area contributed by atoms with E-state index in [1.54, 1.807) is 6.20 Å². The van der Waals surface area contributed by atoms with Crippen LogP contribution in [-0.4, -0.2) is 25.1 Å². The Morgan fingerprint density at radius 1 is 1.27 bits per heavy atom. The number of ketones is 1. The number of aromatic nitrogens is 4. The summed E-state index contributed by atoms with van der Waals surface area (Å²) in [5, 5.41) is 8.69. The molecule has 4 aromatic heterocycles. The van der Waals surface area contributed by atoms with Crippen molar-refractivity contribution in [3.8, 4) is 15.9 Å². The molecular weight excluding hydrogens is 372 g/mol. The van der Waals surface area contributed by atoms with Crippen LogP contribution in [-0.2, 0) is 6.54 Å². The number of thiophene rings is 1. The Bertz CT molecular complexity index is 1120. The lowest BCUT2D eigenvalue weighted by molar-refractivity contribution is 0.0964. The Labute approximate surface area is 156 Å². The molecule has 0 aliphatic carbocycles. The molecule has 9 heteroatoms. The summed E-state index contributed by atoms with van der Waals surface area (Å²) < 4.78 is 8.15. The second-order valence-electron chi connectivity index (χ2n) is 5.67. The van der Waals surface area contributed by atoms with Crippen molar-refractivity contribution in [1.82, 2.24) is 19.3 Å². The van der Waals surface area contributed by atoms with Crippen molar-refractivity contribution in [2.45, 2.75) is 20.4 Å². The van der Waals surface area contributed by atoms with Crippen LogP contribution in [0.15, 0.2) is 44.4 Å². The minimum absolute atomic E-state index is 0.171. The van der Waals surface area contributed by atoms with Gasteiger partial charge in [-0.25, -0.2) is 9.78 Å². The van der Waals surface area contributed by atoms with Crippen molar-refractivity contribution in [2.75, 3.05) is 0 Å². The Kier molecular flexibility index (Phi) is 4.17. The van der Waals surface area contributed by atoms with E-state index < -0.39 is 5.76 Å². The van der Waals surface area contributed by atoms with E-state index in [1.165, 1.54) is 22.7 Å². The Balaban J connectivity index is 1.64. The zero-order chi connectivity index (χ0) is 18.3. The lowest BCUT2D eigenvalue weighted by Gasteiger charge is -2.05. The molecule has 0 radical (unpaired) electrons. The summed E-state index contributed by atoms with van der Waals surface area (Å²) in [6, 6.07) is 5.46. The predicted molar refractivity (Wildman–Crippen MR) is 99.3 cm³/mol. The molecule has 0 N–H and O–H groups in total. The van der Waals surface area contributed by atoms with Crippen LogP contribution in [0, 0.1) is 13.8 Å². The first kappa shape index (κ1) is 16.7. The largest absolute Gasteiger partial charge is 0.437 e. The maximum absolute atomic E-state index is 12.7. The van der Waals surface area contributed by atoms with Crippen LogP contribution in [0.1, 0.15) is 21.7 Å². The Hall–Kier alpha value is -2.78. The van der Waals surface area contributed by atoms with Crippen LogP contribution >= 0.6 is 22.7 Å². The smallest absolute Gasteiger partial charge is 0.387 e. The van der Waals surface area contributed by atoms with E-state index in [9.17, 15) is 9.59 Å². The Morgan fingerprint density at radius 3 is 2.81 bits per heavy atom. The van der Waals surface area contributed by atoms with Gasteiger partial charge in [0.05, 0.1) is 4.88 Å². The van der Waals surface area contributed by atoms with Gasteiger partial charge in [-0.2, -0.15) is 4.68 Å². The van der Waals surface area contributed by atoms with Crippen molar-refractivity contribution in [3.63, 3.8) is 0 Å². The Morgan fingerprint density at radius 2 is 2.12 bits per heavy atom. The molecule has 0 bridgehead atoms. The van der Waals surface area contributed by atoms with E-state index in [2.05, 4.69) is 10.1 Å². The predicted octanol–water partition coefficient (Wildman–Crippen LogP) is 3.31. The number of aryl methyl sites for hydroxylation is 1. The molecule has 7 nitrogen and oxygen atoms in total. The van der Waals surface area contributed by atoms with Gasteiger partial charge in [-0.3, -0.25) is 9.36 Å². The maximum atomic E-state index is 12.7. The second-order valence-corrected chi connectivity index (χ2v) is 7.49. The topological polar surface area (TPSA) is 82.9 Å². The average Bonchev–Trinajstić information content (AvgIpc) is 3.36. The van der Waals surface area contributed by atoms with Crippen molar-refractivity contribution in [2.24, 2.45) is 0 Å². The molecular formula is C17H14N4O3S2. The average molecular weight is 386 g/mol. The molecule has 4 heterocycles. The summed E-state index contributed by atoms with van der Waals surface area (Å²) in [5.41, 5.74) is 2.25. The lowest BCUT2D eigenvalue weighted by Crippen LogP contribution is -2.21. The van der Waals surface area contributed by atoms with Gasteiger partial charge >= 0.3 is 5.76 Å². The van der Waals surface area contributed by atoms with Gasteiger partial charge in [-0.15, -0.1) is 27.8 Å². The van der Waals surface area contributed by atoms with Crippen LogP contribution in [0.25, 0.3) is 15.9 Å². The molecule has 132 valence electrons. The summed E-state index contributed by atoms with van der Waals surface area (Å²) in [7, 11) is 0. The van der Waals surface area contributed by atoms with Crippen molar-refractivity contribution in [3.05, 3.63) is 62.7 Å². The van der Waals surface area contributed by atoms with Gasteiger partial charge in [0.1, 0.15) is 6.54 Å². The zero-order valence-corrected chi connectivity index (χ0v) is 15.6. The molecule has 0 spiro atoms. The van der Waals surface area contributed by atoms with E-state index in [0.717, 1.165) is 26.1 Å². The van der Waals surface area contributed by atoms with Crippen molar-refractivity contribution in [1.29, 1.82) is 0 Å². The highest BCUT2D eigenvalue weighted by molar-refractivity contribution is 7.13. The first-order valence-corrected chi connectivity index (χ1v) is 9.54. The molecule has 0 saturated carbocycles. The molecule has 0 unspecified atom stereocenters. The van der Waals surface area contributed by atoms with Gasteiger partial charge in [0.25, 0.3) is 5.89 Å². The van der Waals surface area contributed by atoms with Crippen LogP contribution in [0.2, 0.25) is 0 Å². The third kappa shape index (κ3) is 2.85. The molecule has 0 aliphatic heterocycles. The normalized spacial score (nSPS) is 11.2. The lowest BCUT2D eigenvalue weighted by atomic mass is 10.1. The van der Waals surface area contributed by atoms with E-state index in [4.69, 9.17) is 4.42 Å². The number of hydrogen-bond acceptors (Lipinski definition) is 7. The number of carbonyl (C=O) groups excluding carboxylic acids is 1. The summed E-state index contributed by atoms with van der Waals surface area (Å²) >= 11 is 2.91. The van der Waals surface area contributed by atoms with Gasteiger partial charge in [0.15, 0.2) is 10.9 Å². The summed E-state index contributed by atoms with van der Waals surface area (Å²) in [6.07, 6.45) is 1.72. The highest BCUT2D eigenvalue weighted by Gasteiger charge is 2.20.